The van der Waals surface area contributed by atoms with Gasteiger partial charge in [-0.1, -0.05) is 24.3 Å². The fourth-order valence-corrected chi connectivity index (χ4v) is 2.12. The highest BCUT2D eigenvalue weighted by molar-refractivity contribution is 5.64. The summed E-state index contributed by atoms with van der Waals surface area (Å²) in [7, 11) is 0. The molecule has 0 heterocycles. The number of nitrogens with two attached hydrogens (primary N) is 1. The fourth-order valence-electron chi connectivity index (χ4n) is 2.12. The van der Waals surface area contributed by atoms with Crippen molar-refractivity contribution in [3.8, 4) is 0 Å². The third kappa shape index (κ3) is 2.73. The van der Waals surface area contributed by atoms with Crippen molar-refractivity contribution < 1.29 is 9.53 Å². The van der Waals surface area contributed by atoms with Gasteiger partial charge in [0.25, 0.3) is 0 Å². The summed E-state index contributed by atoms with van der Waals surface area (Å²) in [5.41, 5.74) is 7.69. The van der Waals surface area contributed by atoms with E-state index in [-0.39, 0.29) is 0 Å². The summed E-state index contributed by atoms with van der Waals surface area (Å²) in [5, 5.41) is 3.35. The minimum atomic E-state index is -0.712. The highest BCUT2D eigenvalue weighted by atomic mass is 16.5. The number of ether oxygens (including phenoxy) is 1. The largest absolute Gasteiger partial charge is 0.448 e. The minimum absolute atomic E-state index is 0.335. The van der Waals surface area contributed by atoms with Gasteiger partial charge in [-0.3, -0.25) is 0 Å². The molecule has 1 amide bonds. The Morgan fingerprint density at radius 2 is 2.00 bits per heavy atom. The lowest BCUT2D eigenvalue weighted by Gasteiger charge is -2.11. The maximum atomic E-state index is 10.3. The van der Waals surface area contributed by atoms with E-state index in [2.05, 4.69) is 34.3 Å². The molecule has 1 aliphatic carbocycles. The molecular weight excluding hydrogens is 204 g/mol. The number of hydrogen-bond acceptors (Lipinski definition) is 3. The molecule has 0 saturated heterocycles. The molecule has 0 aliphatic heterocycles. The van der Waals surface area contributed by atoms with Crippen molar-refractivity contribution in [3.05, 3.63) is 35.4 Å². The van der Waals surface area contributed by atoms with Crippen LogP contribution < -0.4 is 11.1 Å². The second kappa shape index (κ2) is 4.99. The number of benzene rings is 1. The van der Waals surface area contributed by atoms with E-state index >= 15 is 0 Å². The molecule has 3 N–H and O–H groups in total. The standard InChI is InChI=1S/C12H16N2O2/c13-12(15)16-6-5-14-11-7-9-3-1-2-4-10(9)8-11/h1-4,11,14H,5-8H2,(H2,13,15). The molecule has 0 fully saturated rings. The van der Waals surface area contributed by atoms with Gasteiger partial charge in [0, 0.05) is 12.6 Å². The average Bonchev–Trinajstić information content (AvgIpc) is 2.66. The summed E-state index contributed by atoms with van der Waals surface area (Å²) in [6.07, 6.45) is 1.39. The molecule has 16 heavy (non-hydrogen) atoms. The Balaban J connectivity index is 1.73. The van der Waals surface area contributed by atoms with Gasteiger partial charge in [0.05, 0.1) is 0 Å². The van der Waals surface area contributed by atoms with Gasteiger partial charge in [-0.15, -0.1) is 0 Å². The lowest BCUT2D eigenvalue weighted by atomic mass is 10.1. The monoisotopic (exact) mass is 220 g/mol. The lowest BCUT2D eigenvalue weighted by molar-refractivity contribution is 0.156. The van der Waals surface area contributed by atoms with Crippen LogP contribution in [0.4, 0.5) is 4.79 Å². The molecule has 2 rings (SSSR count). The van der Waals surface area contributed by atoms with Gasteiger partial charge >= 0.3 is 6.09 Å². The summed E-state index contributed by atoms with van der Waals surface area (Å²) < 4.78 is 4.66. The van der Waals surface area contributed by atoms with Crippen LogP contribution in [0.5, 0.6) is 0 Å². The zero-order chi connectivity index (χ0) is 11.4. The fraction of sp³-hybridized carbons (Fsp3) is 0.417. The molecule has 0 aromatic heterocycles. The summed E-state index contributed by atoms with van der Waals surface area (Å²) in [6, 6.07) is 8.91. The van der Waals surface area contributed by atoms with Crippen molar-refractivity contribution in [3.63, 3.8) is 0 Å². The average molecular weight is 220 g/mol. The van der Waals surface area contributed by atoms with Crippen LogP contribution in [0.15, 0.2) is 24.3 Å². The van der Waals surface area contributed by atoms with Crippen LogP contribution in [0.25, 0.3) is 0 Å². The smallest absolute Gasteiger partial charge is 0.404 e. The van der Waals surface area contributed by atoms with Crippen molar-refractivity contribution in [1.82, 2.24) is 5.32 Å². The number of amides is 1. The van der Waals surface area contributed by atoms with Crippen LogP contribution in [0.2, 0.25) is 0 Å². The summed E-state index contributed by atoms with van der Waals surface area (Å²) in [6.45, 7) is 0.990. The van der Waals surface area contributed by atoms with Crippen LogP contribution >= 0.6 is 0 Å². The lowest BCUT2D eigenvalue weighted by Crippen LogP contribution is -2.33. The van der Waals surface area contributed by atoms with E-state index in [0.29, 0.717) is 19.2 Å². The van der Waals surface area contributed by atoms with Gasteiger partial charge in [0.15, 0.2) is 0 Å². The van der Waals surface area contributed by atoms with Crippen molar-refractivity contribution >= 4 is 6.09 Å². The van der Waals surface area contributed by atoms with Crippen molar-refractivity contribution in [2.75, 3.05) is 13.2 Å². The van der Waals surface area contributed by atoms with E-state index in [1.165, 1.54) is 11.1 Å². The normalized spacial score (nSPS) is 14.8. The van der Waals surface area contributed by atoms with E-state index in [1.54, 1.807) is 0 Å². The molecule has 0 spiro atoms. The zero-order valence-corrected chi connectivity index (χ0v) is 9.11. The van der Waals surface area contributed by atoms with Crippen LogP contribution in [0, 0.1) is 0 Å². The molecule has 0 bridgehead atoms. The molecular formula is C12H16N2O2. The number of primary amides is 1. The van der Waals surface area contributed by atoms with Gasteiger partial charge in [-0.05, 0) is 24.0 Å². The topological polar surface area (TPSA) is 64.4 Å². The first-order valence-corrected chi connectivity index (χ1v) is 5.48. The number of rotatable bonds is 4. The third-order valence-corrected chi connectivity index (χ3v) is 2.83. The molecule has 4 heteroatoms. The molecule has 1 aromatic rings. The highest BCUT2D eigenvalue weighted by Gasteiger charge is 2.19. The first-order valence-electron chi connectivity index (χ1n) is 5.48. The molecule has 4 nitrogen and oxygen atoms in total. The second-order valence-electron chi connectivity index (χ2n) is 4.00. The predicted octanol–water partition coefficient (Wildman–Crippen LogP) is 0.839. The predicted molar refractivity (Wildman–Crippen MR) is 61.2 cm³/mol. The van der Waals surface area contributed by atoms with Crippen molar-refractivity contribution in [2.45, 2.75) is 18.9 Å². The van der Waals surface area contributed by atoms with Gasteiger partial charge < -0.3 is 15.8 Å². The van der Waals surface area contributed by atoms with E-state index in [9.17, 15) is 4.79 Å². The zero-order valence-electron chi connectivity index (χ0n) is 9.11. The maximum Gasteiger partial charge on any atom is 0.404 e. The Morgan fingerprint density at radius 3 is 2.56 bits per heavy atom. The Kier molecular flexibility index (Phi) is 3.41. The molecule has 0 unspecified atom stereocenters. The molecule has 1 aromatic carbocycles. The highest BCUT2D eigenvalue weighted by Crippen LogP contribution is 2.21. The minimum Gasteiger partial charge on any atom is -0.448 e. The van der Waals surface area contributed by atoms with E-state index in [1.807, 2.05) is 0 Å². The Bertz CT molecular complexity index is 354. The van der Waals surface area contributed by atoms with Crippen molar-refractivity contribution in [1.29, 1.82) is 0 Å². The summed E-state index contributed by atoms with van der Waals surface area (Å²) in [4.78, 5) is 10.3. The summed E-state index contributed by atoms with van der Waals surface area (Å²) in [5.74, 6) is 0. The quantitative estimate of drug-likeness (QED) is 0.739. The Labute approximate surface area is 94.8 Å². The number of nitrogens with one attached hydrogen (secondary N) is 1. The first kappa shape index (κ1) is 11.0. The molecule has 0 radical (unpaired) electrons. The maximum absolute atomic E-state index is 10.3. The summed E-state index contributed by atoms with van der Waals surface area (Å²) >= 11 is 0. The Morgan fingerprint density at radius 1 is 1.38 bits per heavy atom. The molecule has 1 aliphatic rings. The van der Waals surface area contributed by atoms with E-state index < -0.39 is 6.09 Å². The van der Waals surface area contributed by atoms with Gasteiger partial charge in [0.2, 0.25) is 0 Å². The SMILES string of the molecule is NC(=O)OCCNC1Cc2ccccc2C1. The van der Waals surface area contributed by atoms with Crippen LogP contribution in [-0.4, -0.2) is 25.3 Å². The number of hydrogen-bond donors (Lipinski definition) is 2. The van der Waals surface area contributed by atoms with Crippen molar-refractivity contribution in [2.24, 2.45) is 5.73 Å². The van der Waals surface area contributed by atoms with Crippen LogP contribution in [0.1, 0.15) is 11.1 Å². The van der Waals surface area contributed by atoms with Gasteiger partial charge in [-0.2, -0.15) is 0 Å². The van der Waals surface area contributed by atoms with E-state index in [0.717, 1.165) is 12.8 Å². The number of carbonyl (C=O) groups excluding carboxylic acids is 1. The molecule has 0 saturated carbocycles. The number of carbonyl (C=O) groups is 1. The van der Waals surface area contributed by atoms with E-state index in [4.69, 9.17) is 5.73 Å². The third-order valence-electron chi connectivity index (χ3n) is 2.83. The second-order valence-corrected chi connectivity index (χ2v) is 4.00. The van der Waals surface area contributed by atoms with Gasteiger partial charge in [-0.25, -0.2) is 4.79 Å². The van der Waals surface area contributed by atoms with Crippen LogP contribution in [-0.2, 0) is 17.6 Å². The van der Waals surface area contributed by atoms with Gasteiger partial charge in [0.1, 0.15) is 6.61 Å². The van der Waals surface area contributed by atoms with Crippen LogP contribution in [0.3, 0.4) is 0 Å². The Hall–Kier alpha value is -1.55. The molecule has 0 atom stereocenters. The number of fused-ring (bicyclic) bond motifs is 1. The first-order chi connectivity index (χ1) is 7.75. The molecule has 86 valence electrons.